The van der Waals surface area contributed by atoms with E-state index in [4.69, 9.17) is 19.0 Å². The Balaban J connectivity index is 1.32. The van der Waals surface area contributed by atoms with Gasteiger partial charge in [-0.2, -0.15) is 5.10 Å². The molecular weight excluding hydrogens is 522 g/mol. The number of carbonyl (C=O) groups excluding carboxylic acids is 1. The van der Waals surface area contributed by atoms with Gasteiger partial charge in [-0.25, -0.2) is 27.8 Å². The minimum atomic E-state index is -3.86. The van der Waals surface area contributed by atoms with Crippen molar-refractivity contribution in [2.24, 2.45) is 5.14 Å². The van der Waals surface area contributed by atoms with Gasteiger partial charge in [0.25, 0.3) is 0 Å². The van der Waals surface area contributed by atoms with Crippen LogP contribution in [0.4, 0.5) is 0 Å². The van der Waals surface area contributed by atoms with E-state index in [0.717, 1.165) is 16.5 Å². The van der Waals surface area contributed by atoms with Crippen LogP contribution < -0.4 is 15.5 Å². The number of rotatable bonds is 8. The maximum atomic E-state index is 12.8. The lowest BCUT2D eigenvalue weighted by atomic mass is 10.1. The molecule has 0 spiro atoms. The Morgan fingerprint density at radius 3 is 2.38 bits per heavy atom. The van der Waals surface area contributed by atoms with Crippen LogP contribution >= 0.6 is 0 Å². The largest absolute Gasteiger partial charge is 0.490 e. The summed E-state index contributed by atoms with van der Waals surface area (Å²) in [6.07, 6.45) is 0. The molecule has 11 heteroatoms. The van der Waals surface area contributed by atoms with Crippen molar-refractivity contribution in [3.8, 4) is 22.7 Å². The molecular formula is C28H23N3O7S. The zero-order valence-corrected chi connectivity index (χ0v) is 21.6. The molecule has 0 aliphatic heterocycles. The Morgan fingerprint density at radius 1 is 0.949 bits per heavy atom. The van der Waals surface area contributed by atoms with Gasteiger partial charge in [-0.05, 0) is 55.5 Å². The zero-order chi connectivity index (χ0) is 27.6. The van der Waals surface area contributed by atoms with Gasteiger partial charge in [0.05, 0.1) is 16.3 Å². The maximum Gasteiger partial charge on any atom is 0.358 e. The molecule has 0 fully saturated rings. The fourth-order valence-electron chi connectivity index (χ4n) is 3.88. The van der Waals surface area contributed by atoms with Crippen LogP contribution in [-0.4, -0.2) is 37.4 Å². The van der Waals surface area contributed by atoms with Gasteiger partial charge in [0, 0.05) is 23.1 Å². The Bertz CT molecular complexity index is 1820. The Kier molecular flexibility index (Phi) is 7.01. The normalized spacial score (nSPS) is 11.4. The standard InChI is InChI=1S/C28H23N3O7S/c1-18-2-4-19(5-3-18)25-17-24(30-31(25)21-8-11-23(12-9-21)39(29,34)35)28(33)37-15-14-36-22-10-6-20-7-13-27(32)38-26(20)16-22/h2-13,16-17H,14-15H2,1H3,(H2,29,34,35). The molecule has 10 nitrogen and oxygen atoms in total. The van der Waals surface area contributed by atoms with Crippen LogP contribution in [-0.2, 0) is 14.8 Å². The molecule has 0 atom stereocenters. The van der Waals surface area contributed by atoms with E-state index >= 15 is 0 Å². The summed E-state index contributed by atoms with van der Waals surface area (Å²) >= 11 is 0. The highest BCUT2D eigenvalue weighted by Crippen LogP contribution is 2.26. The summed E-state index contributed by atoms with van der Waals surface area (Å²) in [5.74, 6) is -0.196. The quantitative estimate of drug-likeness (QED) is 0.176. The van der Waals surface area contributed by atoms with E-state index in [0.29, 0.717) is 22.7 Å². The third kappa shape index (κ3) is 5.89. The monoisotopic (exact) mass is 545 g/mol. The highest BCUT2D eigenvalue weighted by molar-refractivity contribution is 7.89. The van der Waals surface area contributed by atoms with Gasteiger partial charge in [0.2, 0.25) is 10.0 Å². The number of aryl methyl sites for hydroxylation is 1. The predicted octanol–water partition coefficient (Wildman–Crippen LogP) is 3.84. The molecule has 0 aliphatic rings. The number of primary sulfonamides is 1. The van der Waals surface area contributed by atoms with Gasteiger partial charge in [0.1, 0.15) is 24.5 Å². The van der Waals surface area contributed by atoms with E-state index in [1.807, 2.05) is 31.2 Å². The van der Waals surface area contributed by atoms with Crippen molar-refractivity contribution in [3.05, 3.63) is 107 Å². The van der Waals surface area contributed by atoms with Gasteiger partial charge in [-0.3, -0.25) is 0 Å². The van der Waals surface area contributed by atoms with E-state index in [2.05, 4.69) is 5.10 Å². The molecule has 0 bridgehead atoms. The van der Waals surface area contributed by atoms with Crippen molar-refractivity contribution < 1.29 is 27.1 Å². The first-order valence-electron chi connectivity index (χ1n) is 11.8. The molecule has 2 N–H and O–H groups in total. The van der Waals surface area contributed by atoms with Gasteiger partial charge in [0.15, 0.2) is 5.69 Å². The minimum absolute atomic E-state index is 0.0384. The second kappa shape index (κ2) is 10.6. The Hall–Kier alpha value is -4.74. The topological polar surface area (TPSA) is 144 Å². The minimum Gasteiger partial charge on any atom is -0.490 e. The number of hydrogen-bond acceptors (Lipinski definition) is 8. The summed E-state index contributed by atoms with van der Waals surface area (Å²) in [7, 11) is -3.86. The van der Waals surface area contributed by atoms with Crippen molar-refractivity contribution in [1.29, 1.82) is 0 Å². The average Bonchev–Trinajstić information content (AvgIpc) is 3.36. The summed E-state index contributed by atoms with van der Waals surface area (Å²) in [6, 6.07) is 23.2. The lowest BCUT2D eigenvalue weighted by Gasteiger charge is -2.09. The number of fused-ring (bicyclic) bond motifs is 1. The number of sulfonamides is 1. The van der Waals surface area contributed by atoms with E-state index in [9.17, 15) is 18.0 Å². The van der Waals surface area contributed by atoms with Gasteiger partial charge < -0.3 is 13.9 Å². The second-order valence-corrected chi connectivity index (χ2v) is 10.2. The molecule has 2 heterocycles. The lowest BCUT2D eigenvalue weighted by molar-refractivity contribution is 0.0443. The van der Waals surface area contributed by atoms with Crippen LogP contribution in [0.1, 0.15) is 16.1 Å². The number of esters is 1. The summed E-state index contributed by atoms with van der Waals surface area (Å²) in [5, 5.41) is 10.4. The molecule has 0 aliphatic carbocycles. The molecule has 0 saturated carbocycles. The van der Waals surface area contributed by atoms with Crippen LogP contribution in [0.2, 0.25) is 0 Å². The van der Waals surface area contributed by atoms with Crippen LogP contribution in [0.3, 0.4) is 0 Å². The Labute approximate surface area is 223 Å². The summed E-state index contributed by atoms with van der Waals surface area (Å²) in [6.45, 7) is 1.98. The van der Waals surface area contributed by atoms with Crippen molar-refractivity contribution in [2.75, 3.05) is 13.2 Å². The molecule has 3 aromatic carbocycles. The zero-order valence-electron chi connectivity index (χ0n) is 20.7. The fourth-order valence-corrected chi connectivity index (χ4v) is 4.40. The number of nitrogens with zero attached hydrogens (tertiary/aromatic N) is 2. The first kappa shape index (κ1) is 25.9. The third-order valence-corrected chi connectivity index (χ3v) is 6.78. The number of benzene rings is 3. The van der Waals surface area contributed by atoms with Crippen LogP contribution in [0, 0.1) is 6.92 Å². The van der Waals surface area contributed by atoms with Gasteiger partial charge >= 0.3 is 11.6 Å². The van der Waals surface area contributed by atoms with E-state index < -0.39 is 21.6 Å². The van der Waals surface area contributed by atoms with E-state index in [-0.39, 0.29) is 23.8 Å². The summed E-state index contributed by atoms with van der Waals surface area (Å²) < 4.78 is 41.0. The number of carbonyl (C=O) groups is 1. The van der Waals surface area contributed by atoms with Crippen molar-refractivity contribution in [2.45, 2.75) is 11.8 Å². The van der Waals surface area contributed by atoms with Crippen LogP contribution in [0.5, 0.6) is 5.75 Å². The fraction of sp³-hybridized carbons (Fsp3) is 0.107. The van der Waals surface area contributed by atoms with Crippen molar-refractivity contribution >= 4 is 27.0 Å². The highest BCUT2D eigenvalue weighted by Gasteiger charge is 2.19. The molecule has 0 saturated heterocycles. The Morgan fingerprint density at radius 2 is 1.67 bits per heavy atom. The molecule has 5 rings (SSSR count). The van der Waals surface area contributed by atoms with Crippen LogP contribution in [0.15, 0.2) is 99.0 Å². The first-order valence-corrected chi connectivity index (χ1v) is 13.4. The summed E-state index contributed by atoms with van der Waals surface area (Å²) in [5.41, 5.74) is 3.00. The van der Waals surface area contributed by atoms with Gasteiger partial charge in [-0.1, -0.05) is 29.8 Å². The van der Waals surface area contributed by atoms with E-state index in [1.54, 1.807) is 42.5 Å². The maximum absolute atomic E-state index is 12.8. The predicted molar refractivity (Wildman–Crippen MR) is 143 cm³/mol. The highest BCUT2D eigenvalue weighted by atomic mass is 32.2. The SMILES string of the molecule is Cc1ccc(-c2cc(C(=O)OCCOc3ccc4ccc(=O)oc4c3)nn2-c2ccc(S(N)(=O)=O)cc2)cc1. The molecule has 5 aromatic rings. The number of aromatic nitrogens is 2. The number of nitrogens with two attached hydrogens (primary N) is 1. The average molecular weight is 546 g/mol. The smallest absolute Gasteiger partial charge is 0.358 e. The van der Waals surface area contributed by atoms with Gasteiger partial charge in [-0.15, -0.1) is 0 Å². The molecule has 39 heavy (non-hydrogen) atoms. The molecule has 0 unspecified atom stereocenters. The van der Waals surface area contributed by atoms with Crippen molar-refractivity contribution in [1.82, 2.24) is 9.78 Å². The summed E-state index contributed by atoms with van der Waals surface area (Å²) in [4.78, 5) is 24.2. The molecule has 2 aromatic heterocycles. The first-order chi connectivity index (χ1) is 18.7. The van der Waals surface area contributed by atoms with Crippen LogP contribution in [0.25, 0.3) is 27.9 Å². The molecule has 198 valence electrons. The molecule has 0 radical (unpaired) electrons. The van der Waals surface area contributed by atoms with Crippen molar-refractivity contribution in [3.63, 3.8) is 0 Å². The lowest BCUT2D eigenvalue weighted by Crippen LogP contribution is -2.13. The third-order valence-electron chi connectivity index (χ3n) is 5.86. The second-order valence-electron chi connectivity index (χ2n) is 8.67. The number of ether oxygens (including phenoxy) is 2. The number of hydrogen-bond donors (Lipinski definition) is 1. The molecule has 0 amide bonds. The van der Waals surface area contributed by atoms with E-state index in [1.165, 1.54) is 22.9 Å².